The van der Waals surface area contributed by atoms with E-state index in [-0.39, 0.29) is 12.0 Å². The third kappa shape index (κ3) is 1.29. The number of aromatic nitrogens is 2. The predicted octanol–water partition coefficient (Wildman–Crippen LogP) is -1.14. The molecule has 0 bridgehead atoms. The smallest absolute Gasteiger partial charge is 0.333 e. The summed E-state index contributed by atoms with van der Waals surface area (Å²) in [5.74, 6) is -0.445. The van der Waals surface area contributed by atoms with E-state index in [0.29, 0.717) is 0 Å². The van der Waals surface area contributed by atoms with E-state index in [4.69, 9.17) is 5.26 Å². The van der Waals surface area contributed by atoms with Gasteiger partial charge in [-0.2, -0.15) is 5.26 Å². The Bertz CT molecular complexity index is 518. The summed E-state index contributed by atoms with van der Waals surface area (Å²) in [6, 6.07) is 1.75. The topological polar surface area (TPSA) is 88.0 Å². The van der Waals surface area contributed by atoms with Gasteiger partial charge in [0.05, 0.1) is 18.1 Å². The van der Waals surface area contributed by atoms with Crippen LogP contribution in [0.3, 0.4) is 0 Å². The average Bonchev–Trinajstić information content (AvgIpc) is 2.19. The second kappa shape index (κ2) is 3.38. The minimum absolute atomic E-state index is 0.0582. The summed E-state index contributed by atoms with van der Waals surface area (Å²) < 4.78 is 1.78. The fourth-order valence-electron chi connectivity index (χ4n) is 1.14. The minimum Gasteiger partial charge on any atom is -0.494 e. The Labute approximate surface area is 79.3 Å². The van der Waals surface area contributed by atoms with Crippen molar-refractivity contribution < 1.29 is 5.11 Å². The molecule has 1 aromatic heterocycles. The highest BCUT2D eigenvalue weighted by atomic mass is 16.3. The summed E-state index contributed by atoms with van der Waals surface area (Å²) in [4.78, 5) is 22.6. The summed E-state index contributed by atoms with van der Waals surface area (Å²) in [6.45, 7) is 0. The van der Waals surface area contributed by atoms with Gasteiger partial charge >= 0.3 is 5.69 Å². The maximum Gasteiger partial charge on any atom is 0.333 e. The Morgan fingerprint density at radius 2 is 1.93 bits per heavy atom. The minimum atomic E-state index is -0.632. The van der Waals surface area contributed by atoms with Crippen molar-refractivity contribution in [3.05, 3.63) is 26.4 Å². The maximum atomic E-state index is 11.4. The number of hydrogen-bond acceptors (Lipinski definition) is 4. The number of aromatic hydroxyl groups is 1. The Morgan fingerprint density at radius 1 is 1.36 bits per heavy atom. The van der Waals surface area contributed by atoms with Gasteiger partial charge in [-0.3, -0.25) is 13.9 Å². The molecule has 1 rings (SSSR count). The first-order chi connectivity index (χ1) is 6.50. The van der Waals surface area contributed by atoms with Crippen LogP contribution in [0.5, 0.6) is 5.88 Å². The van der Waals surface area contributed by atoms with E-state index >= 15 is 0 Å². The molecule has 1 N–H and O–H groups in total. The summed E-state index contributed by atoms with van der Waals surface area (Å²) in [5, 5.41) is 17.8. The third-order valence-corrected chi connectivity index (χ3v) is 1.98. The first-order valence-electron chi connectivity index (χ1n) is 3.85. The van der Waals surface area contributed by atoms with E-state index in [1.165, 1.54) is 14.1 Å². The van der Waals surface area contributed by atoms with Gasteiger partial charge in [-0.1, -0.05) is 0 Å². The molecule has 0 unspecified atom stereocenters. The van der Waals surface area contributed by atoms with Crippen LogP contribution in [0, 0.1) is 11.3 Å². The zero-order valence-corrected chi connectivity index (χ0v) is 7.81. The molecule has 0 spiro atoms. The fourth-order valence-corrected chi connectivity index (χ4v) is 1.14. The monoisotopic (exact) mass is 195 g/mol. The van der Waals surface area contributed by atoms with Crippen molar-refractivity contribution in [1.82, 2.24) is 9.13 Å². The van der Waals surface area contributed by atoms with Gasteiger partial charge in [0.15, 0.2) is 0 Å². The van der Waals surface area contributed by atoms with Gasteiger partial charge in [-0.15, -0.1) is 0 Å². The largest absolute Gasteiger partial charge is 0.494 e. The molecule has 14 heavy (non-hydrogen) atoms. The lowest BCUT2D eigenvalue weighted by atomic mass is 10.2. The molecular weight excluding hydrogens is 186 g/mol. The van der Waals surface area contributed by atoms with Crippen molar-refractivity contribution in [2.75, 3.05) is 0 Å². The summed E-state index contributed by atoms with van der Waals surface area (Å²) in [7, 11) is 2.63. The van der Waals surface area contributed by atoms with Crippen LogP contribution in [-0.4, -0.2) is 14.2 Å². The second-order valence-electron chi connectivity index (χ2n) is 2.84. The van der Waals surface area contributed by atoms with Crippen molar-refractivity contribution in [2.45, 2.75) is 6.42 Å². The van der Waals surface area contributed by atoms with Crippen LogP contribution in [0.1, 0.15) is 5.56 Å². The quantitative estimate of drug-likeness (QED) is 0.613. The molecule has 74 valence electrons. The van der Waals surface area contributed by atoms with Gasteiger partial charge in [0.1, 0.15) is 0 Å². The van der Waals surface area contributed by atoms with Crippen molar-refractivity contribution in [3.63, 3.8) is 0 Å². The molecule has 6 nitrogen and oxygen atoms in total. The van der Waals surface area contributed by atoms with Crippen LogP contribution in [0.4, 0.5) is 0 Å². The molecule has 0 saturated heterocycles. The van der Waals surface area contributed by atoms with E-state index in [1.54, 1.807) is 6.07 Å². The van der Waals surface area contributed by atoms with Gasteiger partial charge in [0.2, 0.25) is 5.88 Å². The lowest BCUT2D eigenvalue weighted by Gasteiger charge is -2.07. The molecule has 0 aliphatic heterocycles. The number of nitrogens with zero attached hydrogens (tertiary/aromatic N) is 3. The molecule has 1 heterocycles. The van der Waals surface area contributed by atoms with Gasteiger partial charge in [0, 0.05) is 14.1 Å². The molecule has 0 amide bonds. The van der Waals surface area contributed by atoms with Crippen LogP contribution in [0.15, 0.2) is 9.59 Å². The van der Waals surface area contributed by atoms with Crippen LogP contribution >= 0.6 is 0 Å². The van der Waals surface area contributed by atoms with Crippen molar-refractivity contribution in [1.29, 1.82) is 5.26 Å². The summed E-state index contributed by atoms with van der Waals surface area (Å²) in [5.41, 5.74) is -1.31. The van der Waals surface area contributed by atoms with E-state index in [1.807, 2.05) is 0 Å². The molecule has 0 atom stereocenters. The van der Waals surface area contributed by atoms with E-state index in [9.17, 15) is 14.7 Å². The van der Waals surface area contributed by atoms with Crippen LogP contribution in [0.25, 0.3) is 0 Å². The predicted molar refractivity (Wildman–Crippen MR) is 47.9 cm³/mol. The van der Waals surface area contributed by atoms with Gasteiger partial charge in [-0.25, -0.2) is 4.79 Å². The Kier molecular flexibility index (Phi) is 2.42. The lowest BCUT2D eigenvalue weighted by molar-refractivity contribution is 0.405. The van der Waals surface area contributed by atoms with Gasteiger partial charge in [0.25, 0.3) is 5.56 Å². The van der Waals surface area contributed by atoms with E-state index in [2.05, 4.69) is 0 Å². The van der Waals surface area contributed by atoms with E-state index in [0.717, 1.165) is 9.13 Å². The van der Waals surface area contributed by atoms with Crippen LogP contribution in [-0.2, 0) is 20.5 Å². The SMILES string of the molecule is Cn1c(O)c(CC#N)c(=O)n(C)c1=O. The Balaban J connectivity index is 3.71. The molecule has 0 aromatic carbocycles. The van der Waals surface area contributed by atoms with Crippen molar-refractivity contribution in [3.8, 4) is 11.9 Å². The van der Waals surface area contributed by atoms with Gasteiger partial charge in [-0.05, 0) is 0 Å². The first kappa shape index (κ1) is 10.1. The fraction of sp³-hybridized carbons (Fsp3) is 0.375. The van der Waals surface area contributed by atoms with Crippen molar-refractivity contribution in [2.24, 2.45) is 14.1 Å². The molecule has 0 saturated carbocycles. The molecule has 0 aliphatic carbocycles. The standard InChI is InChI=1S/C8H9N3O3/c1-10-6(12)5(3-4-9)7(13)11(2)8(10)14/h12H,3H2,1-2H3. The maximum absolute atomic E-state index is 11.4. The van der Waals surface area contributed by atoms with Crippen LogP contribution < -0.4 is 11.2 Å². The Morgan fingerprint density at radius 3 is 2.43 bits per heavy atom. The molecular formula is C8H9N3O3. The zero-order chi connectivity index (χ0) is 10.9. The molecule has 0 radical (unpaired) electrons. The number of rotatable bonds is 1. The molecule has 0 fully saturated rings. The normalized spacial score (nSPS) is 9.79. The summed E-state index contributed by atoms with van der Waals surface area (Å²) in [6.07, 6.45) is -0.216. The third-order valence-electron chi connectivity index (χ3n) is 1.98. The average molecular weight is 195 g/mol. The zero-order valence-electron chi connectivity index (χ0n) is 7.81. The van der Waals surface area contributed by atoms with Gasteiger partial charge < -0.3 is 5.11 Å². The molecule has 6 heteroatoms. The highest BCUT2D eigenvalue weighted by Gasteiger charge is 2.13. The lowest BCUT2D eigenvalue weighted by Crippen LogP contribution is -2.38. The Hall–Kier alpha value is -2.03. The second-order valence-corrected chi connectivity index (χ2v) is 2.84. The van der Waals surface area contributed by atoms with Crippen molar-refractivity contribution >= 4 is 0 Å². The highest BCUT2D eigenvalue weighted by molar-refractivity contribution is 5.25. The number of hydrogen-bond donors (Lipinski definition) is 1. The highest BCUT2D eigenvalue weighted by Crippen LogP contribution is 2.08. The summed E-state index contributed by atoms with van der Waals surface area (Å²) >= 11 is 0. The first-order valence-corrected chi connectivity index (χ1v) is 3.85. The number of nitriles is 1. The van der Waals surface area contributed by atoms with E-state index < -0.39 is 17.1 Å². The van der Waals surface area contributed by atoms with Crippen LogP contribution in [0.2, 0.25) is 0 Å². The molecule has 0 aliphatic rings. The molecule has 1 aromatic rings.